The topological polar surface area (TPSA) is 121 Å². The predicted octanol–water partition coefficient (Wildman–Crippen LogP) is 1.98. The summed E-state index contributed by atoms with van der Waals surface area (Å²) >= 11 is 0. The van der Waals surface area contributed by atoms with Gasteiger partial charge in [0.1, 0.15) is 23.0 Å². The number of aromatic nitrogens is 1. The van der Waals surface area contributed by atoms with Crippen LogP contribution in [0, 0.1) is 17.5 Å². The third-order valence-corrected chi connectivity index (χ3v) is 6.75. The molecule has 4 rings (SSSR count). The maximum absolute atomic E-state index is 13.9. The second-order valence-electron chi connectivity index (χ2n) is 8.99. The summed E-state index contributed by atoms with van der Waals surface area (Å²) in [5, 5.41) is 15.8. The van der Waals surface area contributed by atoms with E-state index in [1.807, 2.05) is 6.92 Å². The zero-order valence-corrected chi connectivity index (χ0v) is 19.6. The van der Waals surface area contributed by atoms with E-state index < -0.39 is 70.2 Å². The van der Waals surface area contributed by atoms with Crippen molar-refractivity contribution in [2.45, 2.75) is 57.8 Å². The molecule has 192 valence electrons. The van der Waals surface area contributed by atoms with Crippen LogP contribution in [-0.4, -0.2) is 50.9 Å². The van der Waals surface area contributed by atoms with Crippen LogP contribution in [0.2, 0.25) is 0 Å². The van der Waals surface area contributed by atoms with Crippen LogP contribution in [0.4, 0.5) is 13.2 Å². The minimum absolute atomic E-state index is 0.178. The van der Waals surface area contributed by atoms with Crippen LogP contribution in [0.5, 0.6) is 5.75 Å². The van der Waals surface area contributed by atoms with Crippen LogP contribution in [0.1, 0.15) is 65.6 Å². The second kappa shape index (κ2) is 9.67. The zero-order chi connectivity index (χ0) is 26.3. The van der Waals surface area contributed by atoms with Gasteiger partial charge in [-0.15, -0.1) is 0 Å². The Hall–Kier alpha value is -3.83. The minimum Gasteiger partial charge on any atom is -0.503 e. The summed E-state index contributed by atoms with van der Waals surface area (Å²) in [5.41, 5.74) is -2.60. The molecular weight excluding hydrogens is 481 g/mol. The monoisotopic (exact) mass is 506 g/mol. The summed E-state index contributed by atoms with van der Waals surface area (Å²) in [6, 6.07) is -0.325. The molecule has 9 nitrogen and oxygen atoms in total. The van der Waals surface area contributed by atoms with Gasteiger partial charge in [-0.3, -0.25) is 19.2 Å². The Balaban J connectivity index is 1.72. The van der Waals surface area contributed by atoms with Crippen molar-refractivity contribution in [1.82, 2.24) is 20.1 Å². The van der Waals surface area contributed by atoms with Crippen LogP contribution in [-0.2, 0) is 11.3 Å². The number of carbonyl (C=O) groups is 3. The molecule has 0 saturated carbocycles. The average Bonchev–Trinajstić information content (AvgIpc) is 2.96. The quantitative estimate of drug-likeness (QED) is 0.573. The fourth-order valence-electron chi connectivity index (χ4n) is 4.72. The maximum Gasteiger partial charge on any atom is 0.274 e. The van der Waals surface area contributed by atoms with Crippen molar-refractivity contribution in [3.05, 3.63) is 62.8 Å². The molecular formula is C24H25F3N4O5. The molecule has 2 aliphatic rings. The summed E-state index contributed by atoms with van der Waals surface area (Å²) < 4.78 is 42.4. The fraction of sp³-hybridized carbons (Fsp3) is 0.417. The lowest BCUT2D eigenvalue weighted by molar-refractivity contribution is -0.121. The number of pyridine rings is 1. The first-order valence-corrected chi connectivity index (χ1v) is 11.5. The highest BCUT2D eigenvalue weighted by Gasteiger charge is 2.42. The van der Waals surface area contributed by atoms with E-state index in [1.54, 1.807) is 6.92 Å². The molecule has 12 heteroatoms. The van der Waals surface area contributed by atoms with Gasteiger partial charge in [0, 0.05) is 49.4 Å². The first-order valence-electron chi connectivity index (χ1n) is 11.5. The van der Waals surface area contributed by atoms with E-state index in [0.717, 1.165) is 6.20 Å². The van der Waals surface area contributed by atoms with E-state index in [2.05, 4.69) is 10.6 Å². The van der Waals surface area contributed by atoms with Crippen molar-refractivity contribution >= 4 is 17.7 Å². The molecule has 36 heavy (non-hydrogen) atoms. The number of hydrogen-bond acceptors (Lipinski definition) is 5. The van der Waals surface area contributed by atoms with E-state index in [0.29, 0.717) is 25.0 Å². The van der Waals surface area contributed by atoms with Crippen molar-refractivity contribution < 1.29 is 32.7 Å². The molecule has 3 heterocycles. The second-order valence-corrected chi connectivity index (χ2v) is 8.99. The van der Waals surface area contributed by atoms with Crippen LogP contribution in [0.3, 0.4) is 0 Å². The van der Waals surface area contributed by atoms with Gasteiger partial charge in [-0.25, -0.2) is 13.2 Å². The van der Waals surface area contributed by atoms with Gasteiger partial charge in [-0.2, -0.15) is 0 Å². The number of aromatic hydroxyl groups is 1. The van der Waals surface area contributed by atoms with Gasteiger partial charge in [-0.05, 0) is 19.8 Å². The Morgan fingerprint density at radius 2 is 1.81 bits per heavy atom. The molecule has 3 amide bonds. The summed E-state index contributed by atoms with van der Waals surface area (Å²) in [4.78, 5) is 52.5. The van der Waals surface area contributed by atoms with Crippen molar-refractivity contribution in [3.8, 4) is 5.75 Å². The van der Waals surface area contributed by atoms with Crippen LogP contribution < -0.4 is 16.1 Å². The summed E-state index contributed by atoms with van der Waals surface area (Å²) in [5.74, 6) is -6.35. The number of halogens is 3. The van der Waals surface area contributed by atoms with Gasteiger partial charge >= 0.3 is 0 Å². The Kier molecular flexibility index (Phi) is 6.79. The number of hydrogen-bond donors (Lipinski definition) is 3. The van der Waals surface area contributed by atoms with Crippen molar-refractivity contribution in [1.29, 1.82) is 0 Å². The van der Waals surface area contributed by atoms with Gasteiger partial charge in [0.2, 0.25) is 11.3 Å². The van der Waals surface area contributed by atoms with Crippen molar-refractivity contribution in [3.63, 3.8) is 0 Å². The van der Waals surface area contributed by atoms with E-state index in [1.165, 1.54) is 9.47 Å². The normalized spacial score (nSPS) is 21.0. The lowest BCUT2D eigenvalue weighted by atomic mass is 10.00. The molecule has 2 aliphatic heterocycles. The first-order chi connectivity index (χ1) is 17.0. The van der Waals surface area contributed by atoms with Crippen LogP contribution in [0.25, 0.3) is 0 Å². The largest absolute Gasteiger partial charge is 0.503 e. The number of carbonyl (C=O) groups excluding carboxylic acids is 3. The zero-order valence-electron chi connectivity index (χ0n) is 19.6. The average molecular weight is 506 g/mol. The molecule has 2 aromatic rings. The summed E-state index contributed by atoms with van der Waals surface area (Å²) in [7, 11) is 0. The van der Waals surface area contributed by atoms with E-state index in [-0.39, 0.29) is 30.6 Å². The van der Waals surface area contributed by atoms with Gasteiger partial charge in [0.15, 0.2) is 11.4 Å². The molecule has 1 aromatic carbocycles. The summed E-state index contributed by atoms with van der Waals surface area (Å²) in [6.07, 6.45) is 2.43. The van der Waals surface area contributed by atoms with Crippen molar-refractivity contribution in [2.75, 3.05) is 6.54 Å². The third kappa shape index (κ3) is 4.42. The maximum atomic E-state index is 13.9. The molecule has 0 aliphatic carbocycles. The number of nitrogens with one attached hydrogen (secondary N) is 2. The van der Waals surface area contributed by atoms with Gasteiger partial charge in [0.05, 0.1) is 12.1 Å². The van der Waals surface area contributed by atoms with E-state index in [4.69, 9.17) is 0 Å². The van der Waals surface area contributed by atoms with E-state index in [9.17, 15) is 37.5 Å². The number of benzene rings is 1. The highest BCUT2D eigenvalue weighted by atomic mass is 19.1. The number of fused-ring (bicyclic) bond motifs is 4. The van der Waals surface area contributed by atoms with Crippen LogP contribution in [0.15, 0.2) is 23.1 Å². The molecule has 0 spiro atoms. The molecule has 3 unspecified atom stereocenters. The SMILES string of the molecule is CCC(=O)NC1CCC(C)N2CC1n1cc(C(=O)NCc3c(F)cc(F)cc3F)c(=O)c(O)c1C2=O. The lowest BCUT2D eigenvalue weighted by Gasteiger charge is -2.39. The standard InChI is InChI=1S/C24H25F3N4O5/c1-3-19(32)29-17-5-4-11(2)30-10-18(17)31-9-14(21(33)22(34)20(31)24(30)36)23(35)28-8-13-15(26)6-12(25)7-16(13)27/h6-7,9,11,17-18,34H,3-5,8,10H2,1-2H3,(H,28,35)(H,29,32). The third-order valence-electron chi connectivity index (χ3n) is 6.75. The van der Waals surface area contributed by atoms with E-state index >= 15 is 0 Å². The number of rotatable bonds is 5. The molecule has 0 radical (unpaired) electrons. The summed E-state index contributed by atoms with van der Waals surface area (Å²) in [6.45, 7) is 3.01. The Labute approximate surface area is 203 Å². The molecule has 3 atom stereocenters. The molecule has 3 N–H and O–H groups in total. The Morgan fingerprint density at radius 3 is 2.44 bits per heavy atom. The van der Waals surface area contributed by atoms with Crippen LogP contribution >= 0.6 is 0 Å². The Morgan fingerprint density at radius 1 is 1.14 bits per heavy atom. The number of amides is 3. The van der Waals surface area contributed by atoms with Crippen molar-refractivity contribution in [2.24, 2.45) is 0 Å². The molecule has 2 bridgehead atoms. The van der Waals surface area contributed by atoms with Gasteiger partial charge in [-0.1, -0.05) is 6.92 Å². The first kappa shape index (κ1) is 25.3. The molecule has 1 fully saturated rings. The highest BCUT2D eigenvalue weighted by molar-refractivity contribution is 5.99. The highest BCUT2D eigenvalue weighted by Crippen LogP contribution is 2.34. The molecule has 1 aromatic heterocycles. The predicted molar refractivity (Wildman–Crippen MR) is 121 cm³/mol. The van der Waals surface area contributed by atoms with Gasteiger partial charge in [0.25, 0.3) is 11.8 Å². The van der Waals surface area contributed by atoms with Gasteiger partial charge < -0.3 is 25.2 Å². The fourth-order valence-corrected chi connectivity index (χ4v) is 4.72. The lowest BCUT2D eigenvalue weighted by Crippen LogP contribution is -2.51. The minimum atomic E-state index is -1.22. The number of nitrogens with zero attached hydrogens (tertiary/aromatic N) is 2. The smallest absolute Gasteiger partial charge is 0.274 e. The Bertz CT molecular complexity index is 1290. The molecule has 1 saturated heterocycles.